The summed E-state index contributed by atoms with van der Waals surface area (Å²) in [5.41, 5.74) is -0.0863. The van der Waals surface area contributed by atoms with Crippen molar-refractivity contribution >= 4 is 5.91 Å². The van der Waals surface area contributed by atoms with Crippen molar-refractivity contribution in [2.24, 2.45) is 5.92 Å². The van der Waals surface area contributed by atoms with Crippen LogP contribution in [0.15, 0.2) is 18.2 Å². The molecule has 1 aromatic rings. The normalized spacial score (nSPS) is 20.7. The lowest BCUT2D eigenvalue weighted by Gasteiger charge is -2.18. The molecule has 18 heavy (non-hydrogen) atoms. The molecule has 1 aliphatic heterocycles. The molecule has 2 N–H and O–H groups in total. The molecule has 2 rings (SSSR count). The SMILES string of the molecule is CC(NC(=O)C1CCNC1)c1c(F)cccc1F. The van der Waals surface area contributed by atoms with Crippen LogP contribution in [0.2, 0.25) is 0 Å². The molecule has 1 aromatic carbocycles. The summed E-state index contributed by atoms with van der Waals surface area (Å²) in [4.78, 5) is 11.9. The number of amides is 1. The maximum atomic E-state index is 13.5. The molecule has 0 spiro atoms. The minimum Gasteiger partial charge on any atom is -0.349 e. The number of rotatable bonds is 3. The van der Waals surface area contributed by atoms with Crippen molar-refractivity contribution in [1.82, 2.24) is 10.6 Å². The molecule has 1 amide bonds. The van der Waals surface area contributed by atoms with E-state index in [4.69, 9.17) is 0 Å². The molecule has 98 valence electrons. The molecule has 2 unspecified atom stereocenters. The van der Waals surface area contributed by atoms with Crippen molar-refractivity contribution in [2.45, 2.75) is 19.4 Å². The second-order valence-electron chi connectivity index (χ2n) is 4.56. The molecule has 2 atom stereocenters. The minimum atomic E-state index is -0.667. The van der Waals surface area contributed by atoms with Gasteiger partial charge in [-0.15, -0.1) is 0 Å². The number of benzene rings is 1. The van der Waals surface area contributed by atoms with Crippen LogP contribution in [0.3, 0.4) is 0 Å². The number of hydrogen-bond donors (Lipinski definition) is 2. The standard InChI is InChI=1S/C13H16F2N2O/c1-8(12-10(14)3-2-4-11(12)15)17-13(18)9-5-6-16-7-9/h2-4,8-9,16H,5-7H2,1H3,(H,17,18). The number of nitrogens with one attached hydrogen (secondary N) is 2. The van der Waals surface area contributed by atoms with Gasteiger partial charge < -0.3 is 10.6 Å². The Hall–Kier alpha value is -1.49. The van der Waals surface area contributed by atoms with E-state index in [1.54, 1.807) is 6.92 Å². The van der Waals surface area contributed by atoms with Gasteiger partial charge in [-0.1, -0.05) is 6.07 Å². The Morgan fingerprint density at radius 1 is 1.44 bits per heavy atom. The summed E-state index contributed by atoms with van der Waals surface area (Å²) in [6, 6.07) is 3.03. The average molecular weight is 254 g/mol. The minimum absolute atomic E-state index is 0.0863. The van der Waals surface area contributed by atoms with E-state index in [0.717, 1.165) is 13.0 Å². The van der Waals surface area contributed by atoms with Gasteiger partial charge >= 0.3 is 0 Å². The molecule has 0 aliphatic carbocycles. The van der Waals surface area contributed by atoms with Gasteiger partial charge in [0.15, 0.2) is 0 Å². The highest BCUT2D eigenvalue weighted by Crippen LogP contribution is 2.21. The van der Waals surface area contributed by atoms with E-state index in [9.17, 15) is 13.6 Å². The molecular weight excluding hydrogens is 238 g/mol. The summed E-state index contributed by atoms with van der Waals surface area (Å²) in [6.45, 7) is 3.01. The molecule has 0 aromatic heterocycles. The summed E-state index contributed by atoms with van der Waals surface area (Å²) in [5, 5.41) is 5.74. The summed E-state index contributed by atoms with van der Waals surface area (Å²) in [5.74, 6) is -1.53. The fourth-order valence-corrected chi connectivity index (χ4v) is 2.21. The van der Waals surface area contributed by atoms with Gasteiger partial charge in [-0.05, 0) is 32.0 Å². The predicted octanol–water partition coefficient (Wildman–Crippen LogP) is 1.75. The highest BCUT2D eigenvalue weighted by molar-refractivity contribution is 5.79. The molecule has 1 saturated heterocycles. The summed E-state index contributed by atoms with van der Waals surface area (Å²) < 4.78 is 27.0. The van der Waals surface area contributed by atoms with Gasteiger partial charge in [0.05, 0.1) is 12.0 Å². The molecule has 1 fully saturated rings. The van der Waals surface area contributed by atoms with Crippen molar-refractivity contribution in [2.75, 3.05) is 13.1 Å². The van der Waals surface area contributed by atoms with Gasteiger partial charge in [-0.2, -0.15) is 0 Å². The van der Waals surface area contributed by atoms with Crippen LogP contribution < -0.4 is 10.6 Å². The molecular formula is C13H16F2N2O. The van der Waals surface area contributed by atoms with Gasteiger partial charge in [0, 0.05) is 12.1 Å². The molecule has 1 aliphatic rings. The van der Waals surface area contributed by atoms with Crippen LogP contribution in [0.25, 0.3) is 0 Å². The van der Waals surface area contributed by atoms with Crippen LogP contribution in [0, 0.1) is 17.6 Å². The second kappa shape index (κ2) is 5.44. The van der Waals surface area contributed by atoms with E-state index in [2.05, 4.69) is 10.6 Å². The quantitative estimate of drug-likeness (QED) is 0.863. The molecule has 5 heteroatoms. The monoisotopic (exact) mass is 254 g/mol. The Morgan fingerprint density at radius 3 is 2.67 bits per heavy atom. The van der Waals surface area contributed by atoms with Gasteiger partial charge in [0.1, 0.15) is 11.6 Å². The van der Waals surface area contributed by atoms with Crippen LogP contribution in [-0.2, 0) is 4.79 Å². The molecule has 3 nitrogen and oxygen atoms in total. The Bertz CT molecular complexity index is 424. The maximum absolute atomic E-state index is 13.5. The van der Waals surface area contributed by atoms with Crippen molar-refractivity contribution in [3.63, 3.8) is 0 Å². The number of halogens is 2. The van der Waals surface area contributed by atoms with E-state index in [1.807, 2.05) is 0 Å². The zero-order valence-electron chi connectivity index (χ0n) is 10.2. The van der Waals surface area contributed by atoms with Crippen LogP contribution in [0.5, 0.6) is 0 Å². The highest BCUT2D eigenvalue weighted by Gasteiger charge is 2.25. The van der Waals surface area contributed by atoms with E-state index in [0.29, 0.717) is 6.54 Å². The number of carbonyl (C=O) groups excluding carboxylic acids is 1. The van der Waals surface area contributed by atoms with E-state index >= 15 is 0 Å². The lowest BCUT2D eigenvalue weighted by molar-refractivity contribution is -0.125. The van der Waals surface area contributed by atoms with E-state index in [-0.39, 0.29) is 17.4 Å². The Kier molecular flexibility index (Phi) is 3.91. The number of carbonyl (C=O) groups is 1. The van der Waals surface area contributed by atoms with Crippen molar-refractivity contribution in [3.8, 4) is 0 Å². The molecule has 0 saturated carbocycles. The molecule has 0 bridgehead atoms. The third kappa shape index (κ3) is 2.67. The topological polar surface area (TPSA) is 41.1 Å². The van der Waals surface area contributed by atoms with Gasteiger partial charge in [-0.25, -0.2) is 8.78 Å². The first-order valence-electron chi connectivity index (χ1n) is 6.04. The predicted molar refractivity (Wildman–Crippen MR) is 63.9 cm³/mol. The number of hydrogen-bond acceptors (Lipinski definition) is 2. The Labute approximate surface area is 105 Å². The first kappa shape index (κ1) is 13.0. The van der Waals surface area contributed by atoms with Gasteiger partial charge in [-0.3, -0.25) is 4.79 Å². The smallest absolute Gasteiger partial charge is 0.224 e. The summed E-state index contributed by atoms with van der Waals surface area (Å²) >= 11 is 0. The largest absolute Gasteiger partial charge is 0.349 e. The van der Waals surface area contributed by atoms with Crippen LogP contribution in [0.1, 0.15) is 24.9 Å². The second-order valence-corrected chi connectivity index (χ2v) is 4.56. The molecule has 1 heterocycles. The zero-order chi connectivity index (χ0) is 13.1. The third-order valence-corrected chi connectivity index (χ3v) is 3.22. The highest BCUT2D eigenvalue weighted by atomic mass is 19.1. The van der Waals surface area contributed by atoms with E-state index in [1.165, 1.54) is 18.2 Å². The lowest BCUT2D eigenvalue weighted by atomic mass is 10.0. The maximum Gasteiger partial charge on any atom is 0.224 e. The Balaban J connectivity index is 2.07. The van der Waals surface area contributed by atoms with Crippen LogP contribution in [-0.4, -0.2) is 19.0 Å². The zero-order valence-corrected chi connectivity index (χ0v) is 10.2. The average Bonchev–Trinajstić information content (AvgIpc) is 2.81. The van der Waals surface area contributed by atoms with Crippen molar-refractivity contribution in [1.29, 1.82) is 0 Å². The first-order valence-corrected chi connectivity index (χ1v) is 6.04. The fourth-order valence-electron chi connectivity index (χ4n) is 2.21. The van der Waals surface area contributed by atoms with Crippen molar-refractivity contribution < 1.29 is 13.6 Å². The van der Waals surface area contributed by atoms with E-state index < -0.39 is 17.7 Å². The van der Waals surface area contributed by atoms with Crippen LogP contribution >= 0.6 is 0 Å². The van der Waals surface area contributed by atoms with Gasteiger partial charge in [0.2, 0.25) is 5.91 Å². The van der Waals surface area contributed by atoms with Crippen molar-refractivity contribution in [3.05, 3.63) is 35.4 Å². The lowest BCUT2D eigenvalue weighted by Crippen LogP contribution is -2.34. The van der Waals surface area contributed by atoms with Crippen LogP contribution in [0.4, 0.5) is 8.78 Å². The summed E-state index contributed by atoms with van der Waals surface area (Å²) in [6.07, 6.45) is 0.762. The van der Waals surface area contributed by atoms with Gasteiger partial charge in [0.25, 0.3) is 0 Å². The third-order valence-electron chi connectivity index (χ3n) is 3.22. The molecule has 0 radical (unpaired) electrons. The fraction of sp³-hybridized carbons (Fsp3) is 0.462. The Morgan fingerprint density at radius 2 is 2.11 bits per heavy atom. The first-order chi connectivity index (χ1) is 8.59. The summed E-state index contributed by atoms with van der Waals surface area (Å²) in [7, 11) is 0.